The van der Waals surface area contributed by atoms with Crippen molar-refractivity contribution in [2.24, 2.45) is 5.92 Å². The molecule has 0 saturated carbocycles. The lowest BCUT2D eigenvalue weighted by Crippen LogP contribution is -2.35. The third-order valence-corrected chi connectivity index (χ3v) is 3.76. The summed E-state index contributed by atoms with van der Waals surface area (Å²) in [6.45, 7) is 6.37. The van der Waals surface area contributed by atoms with E-state index in [9.17, 15) is 4.79 Å². The van der Waals surface area contributed by atoms with E-state index in [4.69, 9.17) is 4.74 Å². The van der Waals surface area contributed by atoms with Crippen LogP contribution in [0, 0.1) is 5.92 Å². The van der Waals surface area contributed by atoms with Crippen molar-refractivity contribution in [3.05, 3.63) is 0 Å². The molecule has 0 aromatic rings. The molecule has 114 valence electrons. The number of nitrogens with one attached hydrogen (secondary N) is 3. The van der Waals surface area contributed by atoms with E-state index in [2.05, 4.69) is 50.9 Å². The van der Waals surface area contributed by atoms with E-state index in [1.807, 2.05) is 7.05 Å². The first-order valence-electron chi connectivity index (χ1n) is 7.03. The Hall–Kier alpha value is -0.0800. The average molecular weight is 385 g/mol. The Morgan fingerprint density at radius 1 is 1.16 bits per heavy atom. The Labute approximate surface area is 131 Å². The zero-order valence-corrected chi connectivity index (χ0v) is 14.5. The summed E-state index contributed by atoms with van der Waals surface area (Å²) in [6, 6.07) is 0.202. The molecule has 0 aliphatic rings. The van der Waals surface area contributed by atoms with Gasteiger partial charge in [-0.25, -0.2) is 4.79 Å². The van der Waals surface area contributed by atoms with E-state index in [0.29, 0.717) is 19.1 Å². The van der Waals surface area contributed by atoms with Crippen LogP contribution in [0.15, 0.2) is 0 Å². The Kier molecular flexibility index (Phi) is 12.9. The first-order chi connectivity index (χ1) is 9.11. The minimum atomic E-state index is -0.312. The molecule has 19 heavy (non-hydrogen) atoms. The molecule has 0 heterocycles. The van der Waals surface area contributed by atoms with Crippen LogP contribution in [-0.2, 0) is 4.74 Å². The normalized spacial score (nSPS) is 12.5. The molecule has 0 bridgehead atoms. The molecule has 0 aromatic carbocycles. The molecule has 0 unspecified atom stereocenters. The van der Waals surface area contributed by atoms with Gasteiger partial charge in [0, 0.05) is 29.4 Å². The lowest BCUT2D eigenvalue weighted by molar-refractivity contribution is 0.131. The van der Waals surface area contributed by atoms with Crippen LogP contribution in [0.2, 0.25) is 0 Å². The van der Waals surface area contributed by atoms with Gasteiger partial charge in [-0.1, -0.05) is 26.7 Å². The summed E-state index contributed by atoms with van der Waals surface area (Å²) in [5.41, 5.74) is 0. The summed E-state index contributed by atoms with van der Waals surface area (Å²) in [4.78, 5) is 11.4. The lowest BCUT2D eigenvalue weighted by atomic mass is 10.1. The highest BCUT2D eigenvalue weighted by Gasteiger charge is 2.13. The molecule has 6 heteroatoms. The molecular weight excluding hydrogens is 357 g/mol. The van der Waals surface area contributed by atoms with Crippen LogP contribution in [0.25, 0.3) is 0 Å². The van der Waals surface area contributed by atoms with Gasteiger partial charge in [0.15, 0.2) is 0 Å². The monoisotopic (exact) mass is 385 g/mol. The Balaban J connectivity index is 3.44. The van der Waals surface area contributed by atoms with E-state index in [0.717, 1.165) is 19.4 Å². The predicted molar refractivity (Wildman–Crippen MR) is 87.5 cm³/mol. The molecule has 0 rings (SSSR count). The van der Waals surface area contributed by atoms with Gasteiger partial charge in [-0.3, -0.25) is 3.53 Å². The van der Waals surface area contributed by atoms with Crippen molar-refractivity contribution in [2.75, 3.05) is 26.7 Å². The van der Waals surface area contributed by atoms with E-state index in [1.165, 1.54) is 12.8 Å². The third-order valence-electron chi connectivity index (χ3n) is 2.96. The van der Waals surface area contributed by atoms with Gasteiger partial charge in [-0.2, -0.15) is 0 Å². The van der Waals surface area contributed by atoms with Gasteiger partial charge < -0.3 is 15.4 Å². The first-order valence-corrected chi connectivity index (χ1v) is 8.11. The molecule has 0 radical (unpaired) electrons. The van der Waals surface area contributed by atoms with Crippen molar-refractivity contribution in [3.63, 3.8) is 0 Å². The van der Waals surface area contributed by atoms with E-state index in [1.54, 1.807) is 0 Å². The molecule has 5 nitrogen and oxygen atoms in total. The van der Waals surface area contributed by atoms with Crippen molar-refractivity contribution in [1.82, 2.24) is 14.2 Å². The van der Waals surface area contributed by atoms with Gasteiger partial charge in [-0.15, -0.1) is 0 Å². The first kappa shape index (κ1) is 18.9. The number of carbonyl (C=O) groups excluding carboxylic acids is 1. The van der Waals surface area contributed by atoms with Gasteiger partial charge in [0.25, 0.3) is 0 Å². The highest BCUT2D eigenvalue weighted by atomic mass is 127. The van der Waals surface area contributed by atoms with Crippen molar-refractivity contribution in [2.45, 2.75) is 45.6 Å². The summed E-state index contributed by atoms with van der Waals surface area (Å²) in [5.74, 6) is 0.442. The van der Waals surface area contributed by atoms with Crippen molar-refractivity contribution >= 4 is 29.0 Å². The largest absolute Gasteiger partial charge is 0.448 e. The molecule has 1 amide bonds. The number of halogens is 1. The Bertz CT molecular complexity index is 228. The number of rotatable bonds is 11. The average Bonchev–Trinajstić information content (AvgIpc) is 2.38. The lowest BCUT2D eigenvalue weighted by Gasteiger charge is -2.18. The number of hydrogen-bond donors (Lipinski definition) is 3. The molecule has 0 spiro atoms. The molecule has 1 atom stereocenters. The SMILES string of the molecule is CNCCCCCCNC(=O)OC[C@H](NI)C(C)C. The van der Waals surface area contributed by atoms with Crippen LogP contribution in [0.5, 0.6) is 0 Å². The fourth-order valence-corrected chi connectivity index (χ4v) is 2.44. The van der Waals surface area contributed by atoms with E-state index < -0.39 is 0 Å². The molecule has 0 aliphatic heterocycles. The summed E-state index contributed by atoms with van der Waals surface area (Å²) < 4.78 is 8.29. The zero-order valence-electron chi connectivity index (χ0n) is 12.3. The topological polar surface area (TPSA) is 62.4 Å². The van der Waals surface area contributed by atoms with Crippen LogP contribution >= 0.6 is 22.9 Å². The van der Waals surface area contributed by atoms with Gasteiger partial charge in [0.05, 0.1) is 6.04 Å². The number of unbranched alkanes of at least 4 members (excludes halogenated alkanes) is 3. The molecule has 0 aromatic heterocycles. The standard InChI is InChI=1S/C13H28IN3O2/c1-11(2)12(17-14)10-19-13(18)16-9-7-5-4-6-8-15-3/h11-12,15,17H,4-10H2,1-3H3,(H,16,18)/t12-/m0/s1. The third kappa shape index (κ3) is 11.4. The predicted octanol–water partition coefficient (Wildman–Crippen LogP) is 2.46. The molecule has 3 N–H and O–H groups in total. The summed E-state index contributed by atoms with van der Waals surface area (Å²) >= 11 is 2.10. The molecule has 0 saturated heterocycles. The van der Waals surface area contributed by atoms with Crippen LogP contribution in [0.4, 0.5) is 4.79 Å². The molecule has 0 fully saturated rings. The summed E-state index contributed by atoms with van der Waals surface area (Å²) in [6.07, 6.45) is 4.24. The van der Waals surface area contributed by atoms with Crippen LogP contribution in [0.1, 0.15) is 39.5 Å². The summed E-state index contributed by atoms with van der Waals surface area (Å²) in [7, 11) is 1.96. The number of ether oxygens (including phenoxy) is 1. The van der Waals surface area contributed by atoms with E-state index >= 15 is 0 Å². The van der Waals surface area contributed by atoms with Gasteiger partial charge in [-0.05, 0) is 32.4 Å². The maximum atomic E-state index is 11.4. The highest BCUT2D eigenvalue weighted by Crippen LogP contribution is 2.04. The quantitative estimate of drug-likeness (QED) is 0.291. The fourth-order valence-electron chi connectivity index (χ4n) is 1.54. The number of amides is 1. The zero-order chi connectivity index (χ0) is 14.5. The van der Waals surface area contributed by atoms with Gasteiger partial charge in [0.1, 0.15) is 6.61 Å². The van der Waals surface area contributed by atoms with Crippen molar-refractivity contribution in [3.8, 4) is 0 Å². The highest BCUT2D eigenvalue weighted by molar-refractivity contribution is 14.1. The Morgan fingerprint density at radius 3 is 2.32 bits per heavy atom. The van der Waals surface area contributed by atoms with Crippen LogP contribution < -0.4 is 14.2 Å². The Morgan fingerprint density at radius 2 is 1.79 bits per heavy atom. The van der Waals surface area contributed by atoms with Crippen LogP contribution in [0.3, 0.4) is 0 Å². The molecule has 0 aliphatic carbocycles. The number of hydrogen-bond acceptors (Lipinski definition) is 4. The summed E-state index contributed by atoms with van der Waals surface area (Å²) in [5, 5.41) is 5.91. The minimum absolute atomic E-state index is 0.202. The van der Waals surface area contributed by atoms with Crippen molar-refractivity contribution < 1.29 is 9.53 Å². The van der Waals surface area contributed by atoms with Crippen molar-refractivity contribution in [1.29, 1.82) is 0 Å². The number of alkyl carbamates (subject to hydrolysis) is 1. The second-order valence-electron chi connectivity index (χ2n) is 5.00. The smallest absolute Gasteiger partial charge is 0.407 e. The maximum absolute atomic E-state index is 11.4. The second kappa shape index (κ2) is 12.9. The minimum Gasteiger partial charge on any atom is -0.448 e. The number of carbonyl (C=O) groups is 1. The second-order valence-corrected chi connectivity index (χ2v) is 5.63. The fraction of sp³-hybridized carbons (Fsp3) is 0.923. The molecular formula is C13H28IN3O2. The van der Waals surface area contributed by atoms with Gasteiger partial charge >= 0.3 is 6.09 Å². The maximum Gasteiger partial charge on any atom is 0.407 e. The van der Waals surface area contributed by atoms with E-state index in [-0.39, 0.29) is 12.1 Å². The van der Waals surface area contributed by atoms with Gasteiger partial charge in [0.2, 0.25) is 0 Å². The van der Waals surface area contributed by atoms with Crippen LogP contribution in [-0.4, -0.2) is 38.9 Å².